The second-order valence-electron chi connectivity index (χ2n) is 6.06. The van der Waals surface area contributed by atoms with Gasteiger partial charge in [-0.05, 0) is 32.3 Å². The van der Waals surface area contributed by atoms with Crippen LogP contribution in [0, 0.1) is 0 Å². The summed E-state index contributed by atoms with van der Waals surface area (Å²) in [5, 5.41) is 8.10. The van der Waals surface area contributed by atoms with E-state index in [1.54, 1.807) is 4.57 Å². The van der Waals surface area contributed by atoms with Crippen LogP contribution < -0.4 is 10.5 Å². The molecule has 1 amide bonds. The second kappa shape index (κ2) is 4.82. The molecule has 1 unspecified atom stereocenters. The normalized spacial score (nSPS) is 26.0. The fourth-order valence-electron chi connectivity index (χ4n) is 2.55. The standard InChI is InChI=1S/C13H19N3O4S/c1-13(4-5-20-8-13)15-12(17)11-6-10(21(14,18)19)7-16(11)9-2-3-9/h6-7,9H,2-5,8H2,1H3,(H,15,17)(H2,14,18,19). The molecule has 2 heterocycles. The molecule has 21 heavy (non-hydrogen) atoms. The van der Waals surface area contributed by atoms with Crippen LogP contribution in [0.4, 0.5) is 0 Å². The average molecular weight is 313 g/mol. The maximum atomic E-state index is 12.5. The first kappa shape index (κ1) is 14.6. The lowest BCUT2D eigenvalue weighted by atomic mass is 10.0. The summed E-state index contributed by atoms with van der Waals surface area (Å²) in [6, 6.07) is 1.54. The molecule has 3 N–H and O–H groups in total. The number of primary sulfonamides is 1. The summed E-state index contributed by atoms with van der Waals surface area (Å²) in [6.45, 7) is 3.00. The van der Waals surface area contributed by atoms with Crippen molar-refractivity contribution >= 4 is 15.9 Å². The molecule has 8 heteroatoms. The summed E-state index contributed by atoms with van der Waals surface area (Å²) in [6.07, 6.45) is 4.08. The van der Waals surface area contributed by atoms with Gasteiger partial charge in [0.25, 0.3) is 5.91 Å². The number of carbonyl (C=O) groups is 1. The van der Waals surface area contributed by atoms with E-state index in [4.69, 9.17) is 9.88 Å². The first-order valence-corrected chi connectivity index (χ1v) is 8.48. The Hall–Kier alpha value is -1.38. The first-order chi connectivity index (χ1) is 9.78. The van der Waals surface area contributed by atoms with Gasteiger partial charge in [-0.25, -0.2) is 13.6 Å². The first-order valence-electron chi connectivity index (χ1n) is 6.93. The fraction of sp³-hybridized carbons (Fsp3) is 0.615. The highest BCUT2D eigenvalue weighted by Crippen LogP contribution is 2.37. The highest BCUT2D eigenvalue weighted by molar-refractivity contribution is 7.89. The molecule has 0 aromatic carbocycles. The van der Waals surface area contributed by atoms with Crippen molar-refractivity contribution in [2.75, 3.05) is 13.2 Å². The van der Waals surface area contributed by atoms with Crippen LogP contribution in [-0.2, 0) is 14.8 Å². The van der Waals surface area contributed by atoms with Gasteiger partial charge in [-0.15, -0.1) is 0 Å². The predicted octanol–water partition coefficient (Wildman–Crippen LogP) is 0.379. The molecule has 2 fully saturated rings. The van der Waals surface area contributed by atoms with Crippen LogP contribution in [0.1, 0.15) is 42.7 Å². The van der Waals surface area contributed by atoms with Gasteiger partial charge in [0.05, 0.1) is 12.1 Å². The molecule has 1 aliphatic carbocycles. The van der Waals surface area contributed by atoms with E-state index in [0.29, 0.717) is 18.9 Å². The van der Waals surface area contributed by atoms with Crippen LogP contribution in [0.2, 0.25) is 0 Å². The topological polar surface area (TPSA) is 103 Å². The molecular weight excluding hydrogens is 294 g/mol. The highest BCUT2D eigenvalue weighted by atomic mass is 32.2. The molecule has 3 rings (SSSR count). The van der Waals surface area contributed by atoms with Crippen molar-refractivity contribution in [1.82, 2.24) is 9.88 Å². The Morgan fingerprint density at radius 3 is 2.76 bits per heavy atom. The van der Waals surface area contributed by atoms with E-state index < -0.39 is 15.6 Å². The fourth-order valence-corrected chi connectivity index (χ4v) is 3.09. The van der Waals surface area contributed by atoms with Gasteiger partial charge < -0.3 is 14.6 Å². The van der Waals surface area contributed by atoms with Crippen molar-refractivity contribution in [3.8, 4) is 0 Å². The Kier molecular flexibility index (Phi) is 3.34. The number of aromatic nitrogens is 1. The lowest BCUT2D eigenvalue weighted by molar-refractivity contribution is 0.0880. The summed E-state index contributed by atoms with van der Waals surface area (Å²) in [5.74, 6) is -0.287. The van der Waals surface area contributed by atoms with Crippen molar-refractivity contribution < 1.29 is 17.9 Å². The van der Waals surface area contributed by atoms with E-state index in [1.807, 2.05) is 6.92 Å². The number of hydrogen-bond donors (Lipinski definition) is 2. The predicted molar refractivity (Wildman–Crippen MR) is 75.4 cm³/mol. The van der Waals surface area contributed by atoms with Gasteiger partial charge in [0, 0.05) is 18.8 Å². The Labute approximate surface area is 123 Å². The molecule has 7 nitrogen and oxygen atoms in total. The van der Waals surface area contributed by atoms with E-state index in [2.05, 4.69) is 5.32 Å². The number of carbonyl (C=O) groups excluding carboxylic acids is 1. The van der Waals surface area contributed by atoms with Crippen molar-refractivity contribution in [1.29, 1.82) is 0 Å². The van der Waals surface area contributed by atoms with Gasteiger partial charge in [0.1, 0.15) is 10.6 Å². The third kappa shape index (κ3) is 2.97. The Balaban J connectivity index is 1.89. The molecule has 0 bridgehead atoms. The number of nitrogens with zero attached hydrogens (tertiary/aromatic N) is 1. The highest BCUT2D eigenvalue weighted by Gasteiger charge is 2.35. The maximum absolute atomic E-state index is 12.5. The van der Waals surface area contributed by atoms with Crippen molar-refractivity contribution in [3.05, 3.63) is 18.0 Å². The van der Waals surface area contributed by atoms with E-state index in [1.165, 1.54) is 12.3 Å². The zero-order valence-corrected chi connectivity index (χ0v) is 12.6. The molecule has 1 saturated heterocycles. The van der Waals surface area contributed by atoms with Gasteiger partial charge in [-0.1, -0.05) is 0 Å². The SMILES string of the molecule is CC1(NC(=O)c2cc(S(N)(=O)=O)cn2C2CC2)CCOC1. The van der Waals surface area contributed by atoms with Gasteiger partial charge in [-0.3, -0.25) is 4.79 Å². The number of rotatable bonds is 4. The molecular formula is C13H19N3O4S. The maximum Gasteiger partial charge on any atom is 0.268 e. The van der Waals surface area contributed by atoms with Crippen LogP contribution >= 0.6 is 0 Å². The molecule has 116 valence electrons. The summed E-state index contributed by atoms with van der Waals surface area (Å²) in [7, 11) is -3.81. The largest absolute Gasteiger partial charge is 0.379 e. The molecule has 1 aromatic heterocycles. The van der Waals surface area contributed by atoms with Crippen LogP contribution in [-0.4, -0.2) is 37.6 Å². The Morgan fingerprint density at radius 1 is 1.52 bits per heavy atom. The number of sulfonamides is 1. The van der Waals surface area contributed by atoms with Gasteiger partial charge in [0.15, 0.2) is 0 Å². The molecule has 2 aliphatic rings. The summed E-state index contributed by atoms with van der Waals surface area (Å²) < 4.78 is 30.0. The molecule has 0 spiro atoms. The summed E-state index contributed by atoms with van der Waals surface area (Å²) in [4.78, 5) is 12.5. The number of nitrogens with one attached hydrogen (secondary N) is 1. The Bertz CT molecular complexity index is 670. The number of nitrogens with two attached hydrogens (primary N) is 1. The van der Waals surface area contributed by atoms with Crippen LogP contribution in [0.5, 0.6) is 0 Å². The average Bonchev–Trinajstić information content (AvgIpc) is 2.96. The zero-order valence-electron chi connectivity index (χ0n) is 11.8. The van der Waals surface area contributed by atoms with Crippen LogP contribution in [0.25, 0.3) is 0 Å². The third-order valence-corrected chi connectivity index (χ3v) is 4.84. The molecule has 0 radical (unpaired) electrons. The molecule has 1 aromatic rings. The number of amides is 1. The molecule has 1 saturated carbocycles. The lowest BCUT2D eigenvalue weighted by Crippen LogP contribution is -2.46. The minimum atomic E-state index is -3.81. The summed E-state index contributed by atoms with van der Waals surface area (Å²) in [5.41, 5.74) is -0.0630. The number of ether oxygens (including phenoxy) is 1. The van der Waals surface area contributed by atoms with E-state index in [-0.39, 0.29) is 16.8 Å². The van der Waals surface area contributed by atoms with E-state index in [0.717, 1.165) is 19.3 Å². The van der Waals surface area contributed by atoms with Gasteiger partial charge >= 0.3 is 0 Å². The number of hydrogen-bond acceptors (Lipinski definition) is 4. The minimum absolute atomic E-state index is 0.0209. The van der Waals surface area contributed by atoms with Crippen molar-refractivity contribution in [2.24, 2.45) is 5.14 Å². The Morgan fingerprint density at radius 2 is 2.24 bits per heavy atom. The van der Waals surface area contributed by atoms with Gasteiger partial charge in [-0.2, -0.15) is 0 Å². The van der Waals surface area contributed by atoms with Crippen LogP contribution in [0.3, 0.4) is 0 Å². The smallest absolute Gasteiger partial charge is 0.268 e. The third-order valence-electron chi connectivity index (χ3n) is 3.96. The van der Waals surface area contributed by atoms with E-state index >= 15 is 0 Å². The van der Waals surface area contributed by atoms with Crippen molar-refractivity contribution in [2.45, 2.75) is 42.7 Å². The molecule has 1 aliphatic heterocycles. The molecule has 1 atom stereocenters. The van der Waals surface area contributed by atoms with Crippen molar-refractivity contribution in [3.63, 3.8) is 0 Å². The van der Waals surface area contributed by atoms with Gasteiger partial charge in [0.2, 0.25) is 10.0 Å². The zero-order chi connectivity index (χ0) is 15.3. The lowest BCUT2D eigenvalue weighted by Gasteiger charge is -2.23. The van der Waals surface area contributed by atoms with Crippen LogP contribution in [0.15, 0.2) is 17.2 Å². The second-order valence-corrected chi connectivity index (χ2v) is 7.62. The quantitative estimate of drug-likeness (QED) is 0.838. The monoisotopic (exact) mass is 313 g/mol. The summed E-state index contributed by atoms with van der Waals surface area (Å²) >= 11 is 0. The van der Waals surface area contributed by atoms with E-state index in [9.17, 15) is 13.2 Å². The minimum Gasteiger partial charge on any atom is -0.379 e.